The minimum atomic E-state index is 0.469. The molecular weight excluding hydrogens is 244 g/mol. The Hall–Kier alpha value is -1.80. The van der Waals surface area contributed by atoms with Crippen LogP contribution in [-0.4, -0.2) is 0 Å². The lowest BCUT2D eigenvalue weighted by Crippen LogP contribution is -2.18. The highest BCUT2D eigenvalue weighted by Crippen LogP contribution is 2.32. The molecule has 0 spiro atoms. The summed E-state index contributed by atoms with van der Waals surface area (Å²) in [5.74, 6) is 0. The molecule has 1 atom stereocenters. The second kappa shape index (κ2) is 5.68. The maximum absolute atomic E-state index is 5.85. The summed E-state index contributed by atoms with van der Waals surface area (Å²) in [6.07, 6.45) is 3.41. The highest BCUT2D eigenvalue weighted by Gasteiger charge is 2.21. The highest BCUT2D eigenvalue weighted by atomic mass is 14.9. The lowest BCUT2D eigenvalue weighted by molar-refractivity contribution is 0.530. The number of hydrogen-bond acceptors (Lipinski definition) is 2. The average molecular weight is 266 g/mol. The van der Waals surface area contributed by atoms with E-state index in [-0.39, 0.29) is 0 Å². The third-order valence-corrected chi connectivity index (χ3v) is 4.23. The van der Waals surface area contributed by atoms with Crippen molar-refractivity contribution in [1.29, 1.82) is 0 Å². The first-order chi connectivity index (χ1) is 9.76. The van der Waals surface area contributed by atoms with Gasteiger partial charge < -0.3 is 11.1 Å². The van der Waals surface area contributed by atoms with E-state index in [0.29, 0.717) is 6.04 Å². The van der Waals surface area contributed by atoms with Crippen molar-refractivity contribution in [2.45, 2.75) is 38.8 Å². The molecule has 0 aliphatic heterocycles. The van der Waals surface area contributed by atoms with Gasteiger partial charge in [0, 0.05) is 18.3 Å². The second-order valence-corrected chi connectivity index (χ2v) is 5.60. The van der Waals surface area contributed by atoms with Crippen molar-refractivity contribution in [2.24, 2.45) is 0 Å². The van der Waals surface area contributed by atoms with Crippen LogP contribution in [0.15, 0.2) is 42.5 Å². The number of nitrogens with two attached hydrogens (primary N) is 1. The normalized spacial score (nSPS) is 17.1. The molecular formula is C18H22N2. The van der Waals surface area contributed by atoms with Gasteiger partial charge in [0.1, 0.15) is 0 Å². The summed E-state index contributed by atoms with van der Waals surface area (Å²) >= 11 is 0. The molecule has 0 heterocycles. The Morgan fingerprint density at radius 2 is 1.85 bits per heavy atom. The highest BCUT2D eigenvalue weighted by molar-refractivity contribution is 5.47. The van der Waals surface area contributed by atoms with Gasteiger partial charge >= 0.3 is 0 Å². The number of benzene rings is 2. The number of nitrogen functional groups attached to an aromatic ring is 1. The van der Waals surface area contributed by atoms with E-state index in [1.54, 1.807) is 0 Å². The molecule has 3 rings (SSSR count). The number of hydrogen-bond donors (Lipinski definition) is 2. The quantitative estimate of drug-likeness (QED) is 0.830. The van der Waals surface area contributed by atoms with Crippen molar-refractivity contribution in [1.82, 2.24) is 5.32 Å². The first-order valence-corrected chi connectivity index (χ1v) is 7.45. The van der Waals surface area contributed by atoms with E-state index in [0.717, 1.165) is 25.1 Å². The van der Waals surface area contributed by atoms with Gasteiger partial charge in [0.15, 0.2) is 0 Å². The zero-order chi connectivity index (χ0) is 13.9. The summed E-state index contributed by atoms with van der Waals surface area (Å²) in [4.78, 5) is 0. The van der Waals surface area contributed by atoms with Crippen LogP contribution in [0, 0.1) is 0 Å². The SMILES string of the molecule is CCc1ccc(CNC2CCc3cc(N)ccc32)cc1. The lowest BCUT2D eigenvalue weighted by atomic mass is 10.1. The fourth-order valence-electron chi connectivity index (χ4n) is 2.98. The fourth-order valence-corrected chi connectivity index (χ4v) is 2.98. The molecule has 3 N–H and O–H groups in total. The van der Waals surface area contributed by atoms with Crippen LogP contribution >= 0.6 is 0 Å². The van der Waals surface area contributed by atoms with Crippen molar-refractivity contribution in [3.05, 3.63) is 64.7 Å². The molecule has 1 aliphatic carbocycles. The van der Waals surface area contributed by atoms with Gasteiger partial charge in [-0.1, -0.05) is 37.3 Å². The van der Waals surface area contributed by atoms with E-state index in [2.05, 4.69) is 48.6 Å². The van der Waals surface area contributed by atoms with Crippen LogP contribution in [0.3, 0.4) is 0 Å². The molecule has 0 bridgehead atoms. The topological polar surface area (TPSA) is 38.0 Å². The van der Waals surface area contributed by atoms with Crippen molar-refractivity contribution < 1.29 is 0 Å². The Morgan fingerprint density at radius 1 is 1.10 bits per heavy atom. The Balaban J connectivity index is 1.65. The third-order valence-electron chi connectivity index (χ3n) is 4.23. The van der Waals surface area contributed by atoms with Gasteiger partial charge in [-0.15, -0.1) is 0 Å². The van der Waals surface area contributed by atoms with Crippen molar-refractivity contribution in [3.8, 4) is 0 Å². The summed E-state index contributed by atoms with van der Waals surface area (Å²) in [7, 11) is 0. The largest absolute Gasteiger partial charge is 0.399 e. The van der Waals surface area contributed by atoms with Crippen LogP contribution in [0.2, 0.25) is 0 Å². The maximum Gasteiger partial charge on any atom is 0.0329 e. The average Bonchev–Trinajstić information content (AvgIpc) is 2.88. The van der Waals surface area contributed by atoms with Crippen molar-refractivity contribution in [3.63, 3.8) is 0 Å². The van der Waals surface area contributed by atoms with Crippen molar-refractivity contribution >= 4 is 5.69 Å². The summed E-state index contributed by atoms with van der Waals surface area (Å²) in [5.41, 5.74) is 12.3. The summed E-state index contributed by atoms with van der Waals surface area (Å²) in [5, 5.41) is 3.67. The van der Waals surface area contributed by atoms with E-state index < -0.39 is 0 Å². The molecule has 2 aromatic carbocycles. The Morgan fingerprint density at radius 3 is 2.60 bits per heavy atom. The predicted molar refractivity (Wildman–Crippen MR) is 84.6 cm³/mol. The molecule has 0 saturated carbocycles. The predicted octanol–water partition coefficient (Wildman–Crippen LogP) is 3.61. The minimum Gasteiger partial charge on any atom is -0.399 e. The van der Waals surface area contributed by atoms with Crippen LogP contribution in [0.1, 0.15) is 41.6 Å². The van der Waals surface area contributed by atoms with Crippen LogP contribution in [0.25, 0.3) is 0 Å². The third kappa shape index (κ3) is 2.70. The molecule has 0 fully saturated rings. The molecule has 0 radical (unpaired) electrons. The fraction of sp³-hybridized carbons (Fsp3) is 0.333. The van der Waals surface area contributed by atoms with E-state index in [1.807, 2.05) is 6.07 Å². The number of nitrogens with one attached hydrogen (secondary N) is 1. The molecule has 20 heavy (non-hydrogen) atoms. The van der Waals surface area contributed by atoms with Crippen LogP contribution < -0.4 is 11.1 Å². The van der Waals surface area contributed by atoms with Crippen molar-refractivity contribution in [2.75, 3.05) is 5.73 Å². The molecule has 0 aromatic heterocycles. The Kier molecular flexibility index (Phi) is 3.75. The molecule has 0 amide bonds. The Bertz CT molecular complexity index is 587. The molecule has 2 aromatic rings. The van der Waals surface area contributed by atoms with Gasteiger partial charge in [-0.2, -0.15) is 0 Å². The number of rotatable bonds is 4. The van der Waals surface area contributed by atoms with Gasteiger partial charge in [0.2, 0.25) is 0 Å². The zero-order valence-electron chi connectivity index (χ0n) is 12.0. The molecule has 1 aliphatic rings. The number of anilines is 1. The zero-order valence-corrected chi connectivity index (χ0v) is 12.0. The first-order valence-electron chi connectivity index (χ1n) is 7.45. The molecule has 2 heteroatoms. The smallest absolute Gasteiger partial charge is 0.0329 e. The minimum absolute atomic E-state index is 0.469. The monoisotopic (exact) mass is 266 g/mol. The van der Waals surface area contributed by atoms with Gasteiger partial charge in [-0.25, -0.2) is 0 Å². The lowest BCUT2D eigenvalue weighted by Gasteiger charge is -2.14. The van der Waals surface area contributed by atoms with E-state index >= 15 is 0 Å². The molecule has 2 nitrogen and oxygen atoms in total. The van der Waals surface area contributed by atoms with Gasteiger partial charge in [-0.05, 0) is 53.6 Å². The number of aryl methyl sites for hydroxylation is 2. The molecule has 0 saturated heterocycles. The first kappa shape index (κ1) is 13.2. The van der Waals surface area contributed by atoms with Gasteiger partial charge in [0.25, 0.3) is 0 Å². The van der Waals surface area contributed by atoms with E-state index in [4.69, 9.17) is 5.73 Å². The van der Waals surface area contributed by atoms with Crippen LogP contribution in [0.5, 0.6) is 0 Å². The number of fused-ring (bicyclic) bond motifs is 1. The standard InChI is InChI=1S/C18H22N2/c1-2-13-3-5-14(6-4-13)12-20-18-10-7-15-11-16(19)8-9-17(15)18/h3-6,8-9,11,18,20H,2,7,10,12,19H2,1H3. The van der Waals surface area contributed by atoms with Gasteiger partial charge in [-0.3, -0.25) is 0 Å². The maximum atomic E-state index is 5.85. The second-order valence-electron chi connectivity index (χ2n) is 5.60. The molecule has 1 unspecified atom stereocenters. The summed E-state index contributed by atoms with van der Waals surface area (Å²) < 4.78 is 0. The summed E-state index contributed by atoms with van der Waals surface area (Å²) in [6, 6.07) is 15.7. The van der Waals surface area contributed by atoms with Crippen LogP contribution in [0.4, 0.5) is 5.69 Å². The molecule has 104 valence electrons. The van der Waals surface area contributed by atoms with Gasteiger partial charge in [0.05, 0.1) is 0 Å². The summed E-state index contributed by atoms with van der Waals surface area (Å²) in [6.45, 7) is 3.12. The van der Waals surface area contributed by atoms with Crippen LogP contribution in [-0.2, 0) is 19.4 Å². The van der Waals surface area contributed by atoms with E-state index in [9.17, 15) is 0 Å². The Labute approximate surface area is 121 Å². The van der Waals surface area contributed by atoms with E-state index in [1.165, 1.54) is 28.7 Å².